The molecule has 0 bridgehead atoms. The molecule has 0 aliphatic rings. The molecule has 4 heteroatoms. The first-order chi connectivity index (χ1) is 12.5. The van der Waals surface area contributed by atoms with Gasteiger partial charge in [0, 0.05) is 11.1 Å². The number of rotatable bonds is 7. The Kier molecular flexibility index (Phi) is 7.19. The van der Waals surface area contributed by atoms with E-state index in [9.17, 15) is 17.6 Å². The minimum absolute atomic E-state index is 0.122. The van der Waals surface area contributed by atoms with Crippen molar-refractivity contribution in [2.24, 2.45) is 0 Å². The van der Waals surface area contributed by atoms with E-state index in [0.717, 1.165) is 36.8 Å². The van der Waals surface area contributed by atoms with Crippen LogP contribution in [0.3, 0.4) is 0 Å². The van der Waals surface area contributed by atoms with E-state index in [1.165, 1.54) is 24.3 Å². The van der Waals surface area contributed by atoms with Crippen molar-refractivity contribution in [2.45, 2.75) is 39.5 Å². The maximum absolute atomic E-state index is 14.2. The summed E-state index contributed by atoms with van der Waals surface area (Å²) in [6, 6.07) is 12.1. The fourth-order valence-electron chi connectivity index (χ4n) is 2.66. The van der Waals surface area contributed by atoms with Gasteiger partial charge < -0.3 is 0 Å². The lowest BCUT2D eigenvalue weighted by Crippen LogP contribution is -1.90. The fraction of sp³-hybridized carbons (Fsp3) is 0.273. The van der Waals surface area contributed by atoms with Crippen molar-refractivity contribution in [3.63, 3.8) is 0 Å². The van der Waals surface area contributed by atoms with Crippen LogP contribution in [0.4, 0.5) is 17.6 Å². The van der Waals surface area contributed by atoms with Crippen molar-refractivity contribution in [1.82, 2.24) is 0 Å². The van der Waals surface area contributed by atoms with Crippen LogP contribution in [0.1, 0.15) is 48.9 Å². The van der Waals surface area contributed by atoms with E-state index in [-0.39, 0.29) is 11.1 Å². The van der Waals surface area contributed by atoms with Gasteiger partial charge in [0.15, 0.2) is 23.3 Å². The summed E-state index contributed by atoms with van der Waals surface area (Å²) in [5, 5.41) is 0. The minimum atomic E-state index is -1.83. The zero-order valence-corrected chi connectivity index (χ0v) is 15.0. The van der Waals surface area contributed by atoms with Gasteiger partial charge in [0.05, 0.1) is 0 Å². The molecule has 0 nitrogen and oxygen atoms in total. The zero-order valence-electron chi connectivity index (χ0n) is 15.0. The van der Waals surface area contributed by atoms with Gasteiger partial charge in [-0.15, -0.1) is 0 Å². The molecule has 0 fully saturated rings. The van der Waals surface area contributed by atoms with Gasteiger partial charge in [0.1, 0.15) is 0 Å². The van der Waals surface area contributed by atoms with Gasteiger partial charge in [-0.2, -0.15) is 0 Å². The van der Waals surface area contributed by atoms with Crippen LogP contribution in [0.2, 0.25) is 0 Å². The predicted molar refractivity (Wildman–Crippen MR) is 99.1 cm³/mol. The lowest BCUT2D eigenvalue weighted by atomic mass is 10.1. The van der Waals surface area contributed by atoms with E-state index in [1.54, 1.807) is 24.3 Å². The van der Waals surface area contributed by atoms with Crippen molar-refractivity contribution in [3.8, 4) is 0 Å². The first-order valence-corrected chi connectivity index (χ1v) is 8.77. The van der Waals surface area contributed by atoms with Crippen LogP contribution in [-0.4, -0.2) is 0 Å². The van der Waals surface area contributed by atoms with Gasteiger partial charge in [-0.25, -0.2) is 17.6 Å². The van der Waals surface area contributed by atoms with Crippen LogP contribution in [0.25, 0.3) is 11.7 Å². The molecule has 0 unspecified atom stereocenters. The summed E-state index contributed by atoms with van der Waals surface area (Å²) in [5.41, 5.74) is 1.70. The third-order valence-electron chi connectivity index (χ3n) is 4.07. The second kappa shape index (κ2) is 9.37. The zero-order chi connectivity index (χ0) is 19.1. The number of hydrogen-bond donors (Lipinski definition) is 0. The molecule has 0 N–H and O–H groups in total. The molecule has 138 valence electrons. The molecule has 2 aromatic rings. The van der Waals surface area contributed by atoms with Crippen molar-refractivity contribution in [2.75, 3.05) is 0 Å². The Labute approximate surface area is 151 Å². The summed E-state index contributed by atoms with van der Waals surface area (Å²) < 4.78 is 56.6. The highest BCUT2D eigenvalue weighted by molar-refractivity contribution is 5.71. The minimum Gasteiger partial charge on any atom is -0.203 e. The Morgan fingerprint density at radius 2 is 0.885 bits per heavy atom. The second-order valence-corrected chi connectivity index (χ2v) is 6.15. The molecule has 0 amide bonds. The maximum Gasteiger partial charge on any atom is 0.198 e. The predicted octanol–water partition coefficient (Wildman–Crippen LogP) is 7.51. The van der Waals surface area contributed by atoms with E-state index in [4.69, 9.17) is 0 Å². The average Bonchev–Trinajstić information content (AvgIpc) is 2.67. The Morgan fingerprint density at radius 1 is 0.577 bits per heavy atom. The Balaban J connectivity index is 2.30. The fourth-order valence-corrected chi connectivity index (χ4v) is 2.66. The van der Waals surface area contributed by atoms with E-state index < -0.39 is 23.3 Å². The summed E-state index contributed by atoms with van der Waals surface area (Å²) in [4.78, 5) is 0. The Bertz CT molecular complexity index is 714. The monoisotopic (exact) mass is 362 g/mol. The standard InChI is InChI=1S/C22H22F4/c1-3-5-15-7-11-17(12-8-15)19(23)21(25)22(26)20(24)18-13-9-16(6-4-2)10-14-18/h7-14H,3-6H2,1-2H3/b21-19-,22-20-. The summed E-state index contributed by atoms with van der Waals surface area (Å²) in [6.45, 7) is 4.01. The molecule has 0 saturated heterocycles. The van der Waals surface area contributed by atoms with Crippen molar-refractivity contribution in [1.29, 1.82) is 0 Å². The van der Waals surface area contributed by atoms with E-state index in [0.29, 0.717) is 0 Å². The molecule has 2 rings (SSSR count). The molecule has 26 heavy (non-hydrogen) atoms. The summed E-state index contributed by atoms with van der Waals surface area (Å²) in [6.07, 6.45) is 3.47. The van der Waals surface area contributed by atoms with Crippen molar-refractivity contribution >= 4 is 11.7 Å². The van der Waals surface area contributed by atoms with Crippen LogP contribution < -0.4 is 0 Å². The molecule has 0 spiro atoms. The third-order valence-corrected chi connectivity index (χ3v) is 4.07. The van der Waals surface area contributed by atoms with Crippen molar-refractivity contribution in [3.05, 3.63) is 82.4 Å². The topological polar surface area (TPSA) is 0 Å². The van der Waals surface area contributed by atoms with E-state index in [2.05, 4.69) is 0 Å². The number of aryl methyl sites for hydroxylation is 2. The molecule has 0 heterocycles. The maximum atomic E-state index is 14.2. The molecule has 2 aromatic carbocycles. The lowest BCUT2D eigenvalue weighted by molar-refractivity contribution is 0.519. The van der Waals surface area contributed by atoms with E-state index in [1.807, 2.05) is 13.8 Å². The van der Waals surface area contributed by atoms with Crippen LogP contribution in [0, 0.1) is 0 Å². The van der Waals surface area contributed by atoms with Crippen LogP contribution in [0.5, 0.6) is 0 Å². The number of benzene rings is 2. The number of allylic oxidation sites excluding steroid dienone is 2. The van der Waals surface area contributed by atoms with Crippen LogP contribution in [0.15, 0.2) is 60.2 Å². The highest BCUT2D eigenvalue weighted by Crippen LogP contribution is 2.33. The van der Waals surface area contributed by atoms with Gasteiger partial charge in [-0.05, 0) is 24.0 Å². The van der Waals surface area contributed by atoms with Crippen LogP contribution in [-0.2, 0) is 12.8 Å². The molecule has 0 radical (unpaired) electrons. The summed E-state index contributed by atoms with van der Waals surface area (Å²) >= 11 is 0. The highest BCUT2D eigenvalue weighted by atomic mass is 19.2. The van der Waals surface area contributed by atoms with Gasteiger partial charge in [-0.1, -0.05) is 75.2 Å². The number of hydrogen-bond acceptors (Lipinski definition) is 0. The van der Waals surface area contributed by atoms with Crippen molar-refractivity contribution < 1.29 is 17.6 Å². The number of halogens is 4. The van der Waals surface area contributed by atoms with Gasteiger partial charge in [-0.3, -0.25) is 0 Å². The van der Waals surface area contributed by atoms with Crippen LogP contribution >= 0.6 is 0 Å². The molecule has 0 saturated carbocycles. The first-order valence-electron chi connectivity index (χ1n) is 8.77. The largest absolute Gasteiger partial charge is 0.203 e. The average molecular weight is 362 g/mol. The summed E-state index contributed by atoms with van der Waals surface area (Å²) in [7, 11) is 0. The smallest absolute Gasteiger partial charge is 0.198 e. The molecule has 0 aromatic heterocycles. The first kappa shape index (κ1) is 20.0. The van der Waals surface area contributed by atoms with E-state index >= 15 is 0 Å². The molecular formula is C22H22F4. The molecule has 0 aliphatic heterocycles. The second-order valence-electron chi connectivity index (χ2n) is 6.15. The lowest BCUT2D eigenvalue weighted by Gasteiger charge is -2.05. The molecule has 0 atom stereocenters. The Morgan fingerprint density at radius 3 is 1.15 bits per heavy atom. The highest BCUT2D eigenvalue weighted by Gasteiger charge is 2.19. The quantitative estimate of drug-likeness (QED) is 0.353. The molecule has 0 aliphatic carbocycles. The van der Waals surface area contributed by atoms with Gasteiger partial charge >= 0.3 is 0 Å². The van der Waals surface area contributed by atoms with Gasteiger partial charge in [0.25, 0.3) is 0 Å². The SMILES string of the molecule is CCCc1ccc(/C(F)=C(F)\C(F)=C(\F)c2ccc(CCC)cc2)cc1. The summed E-state index contributed by atoms with van der Waals surface area (Å²) in [5.74, 6) is -6.49. The molecular weight excluding hydrogens is 340 g/mol. The third kappa shape index (κ3) is 4.84. The van der Waals surface area contributed by atoms with Gasteiger partial charge in [0.2, 0.25) is 0 Å². The normalized spacial score (nSPS) is 13.3. The Hall–Kier alpha value is -2.36.